The Kier molecular flexibility index (Phi) is 3.58. The number of hydrogen-bond donors (Lipinski definition) is 0. The lowest BCUT2D eigenvalue weighted by atomic mass is 9.87. The van der Waals surface area contributed by atoms with Crippen LogP contribution in [0.1, 0.15) is 55.8 Å². The average Bonchev–Trinajstić information content (AvgIpc) is 2.77. The number of hydrogen-bond acceptors (Lipinski definition) is 2. The zero-order chi connectivity index (χ0) is 13.2. The molecule has 102 valence electrons. The van der Waals surface area contributed by atoms with E-state index in [1.54, 1.807) is 0 Å². The molecule has 2 saturated carbocycles. The van der Waals surface area contributed by atoms with Crippen molar-refractivity contribution in [2.75, 3.05) is 0 Å². The lowest BCUT2D eigenvalue weighted by Gasteiger charge is -2.28. The van der Waals surface area contributed by atoms with E-state index in [4.69, 9.17) is 4.74 Å². The number of carbonyl (C=O) groups excluding carboxylic acids is 1. The molecule has 0 aromatic heterocycles. The molecule has 1 aromatic rings. The van der Waals surface area contributed by atoms with Crippen LogP contribution in [-0.2, 0) is 0 Å². The lowest BCUT2D eigenvalue weighted by molar-refractivity contribution is 0.0984. The van der Waals surface area contributed by atoms with Gasteiger partial charge in [-0.3, -0.25) is 4.79 Å². The predicted molar refractivity (Wildman–Crippen MR) is 75.5 cm³/mol. The van der Waals surface area contributed by atoms with Crippen LogP contribution in [0.4, 0.5) is 0 Å². The van der Waals surface area contributed by atoms with Gasteiger partial charge in [0, 0.05) is 12.0 Å². The van der Waals surface area contributed by atoms with Crippen molar-refractivity contribution < 1.29 is 9.53 Å². The third-order valence-corrected chi connectivity index (χ3v) is 4.62. The quantitative estimate of drug-likeness (QED) is 0.755. The van der Waals surface area contributed by atoms with Gasteiger partial charge in [-0.1, -0.05) is 31.9 Å². The largest absolute Gasteiger partial charge is 0.490 e. The molecule has 19 heavy (non-hydrogen) atoms. The van der Waals surface area contributed by atoms with Gasteiger partial charge in [-0.2, -0.15) is 0 Å². The first kappa shape index (κ1) is 12.7. The number of rotatable bonds is 4. The first-order chi connectivity index (χ1) is 9.24. The van der Waals surface area contributed by atoms with Crippen LogP contribution in [0.2, 0.25) is 0 Å². The SMILES string of the molecule is CCC(=O)c1cccc(O[C@@H]2C[C@@H]3CC[C@@H](C3)C2)c1. The Hall–Kier alpha value is -1.31. The van der Waals surface area contributed by atoms with Crippen molar-refractivity contribution in [1.29, 1.82) is 0 Å². The van der Waals surface area contributed by atoms with Crippen molar-refractivity contribution in [1.82, 2.24) is 0 Å². The van der Waals surface area contributed by atoms with Gasteiger partial charge in [-0.15, -0.1) is 0 Å². The average molecular weight is 258 g/mol. The van der Waals surface area contributed by atoms with Gasteiger partial charge in [0.15, 0.2) is 5.78 Å². The van der Waals surface area contributed by atoms with Gasteiger partial charge in [0.25, 0.3) is 0 Å². The summed E-state index contributed by atoms with van der Waals surface area (Å²) >= 11 is 0. The number of fused-ring (bicyclic) bond motifs is 2. The van der Waals surface area contributed by atoms with Gasteiger partial charge in [-0.25, -0.2) is 0 Å². The normalized spacial score (nSPS) is 29.2. The predicted octanol–water partition coefficient (Wildman–Crippen LogP) is 4.24. The molecule has 0 radical (unpaired) electrons. The van der Waals surface area contributed by atoms with E-state index in [-0.39, 0.29) is 5.78 Å². The molecule has 2 fully saturated rings. The highest BCUT2D eigenvalue weighted by molar-refractivity contribution is 5.96. The van der Waals surface area contributed by atoms with Crippen LogP contribution in [0.5, 0.6) is 5.75 Å². The molecule has 2 aliphatic carbocycles. The van der Waals surface area contributed by atoms with E-state index in [1.807, 2.05) is 31.2 Å². The zero-order valence-electron chi connectivity index (χ0n) is 11.6. The topological polar surface area (TPSA) is 26.3 Å². The molecule has 0 amide bonds. The minimum atomic E-state index is 0.189. The zero-order valence-corrected chi connectivity index (χ0v) is 11.6. The van der Waals surface area contributed by atoms with Crippen molar-refractivity contribution in [2.24, 2.45) is 11.8 Å². The fourth-order valence-electron chi connectivity index (χ4n) is 3.68. The summed E-state index contributed by atoms with van der Waals surface area (Å²) in [5.41, 5.74) is 0.777. The minimum Gasteiger partial charge on any atom is -0.490 e. The minimum absolute atomic E-state index is 0.189. The fourth-order valence-corrected chi connectivity index (χ4v) is 3.68. The molecular formula is C17H22O2. The summed E-state index contributed by atoms with van der Waals surface area (Å²) in [5.74, 6) is 2.81. The van der Waals surface area contributed by atoms with Crippen molar-refractivity contribution in [2.45, 2.75) is 51.6 Å². The fraction of sp³-hybridized carbons (Fsp3) is 0.588. The van der Waals surface area contributed by atoms with Gasteiger partial charge in [0.05, 0.1) is 6.10 Å². The molecule has 3 atom stereocenters. The molecule has 0 unspecified atom stereocenters. The number of Topliss-reactive ketones (excluding diaryl/α,β-unsaturated/α-hetero) is 1. The number of carbonyl (C=O) groups is 1. The van der Waals surface area contributed by atoms with Gasteiger partial charge in [0.2, 0.25) is 0 Å². The standard InChI is InChI=1S/C17H22O2/c1-2-17(18)14-4-3-5-15(11-14)19-16-9-12-6-7-13(8-12)10-16/h3-5,11-13,16H,2,6-10H2,1H3/t12-,13+,16-. The van der Waals surface area contributed by atoms with Gasteiger partial charge >= 0.3 is 0 Å². The second-order valence-corrected chi connectivity index (χ2v) is 6.06. The third kappa shape index (κ3) is 2.83. The number of ether oxygens (including phenoxy) is 1. The Morgan fingerprint density at radius 2 is 1.95 bits per heavy atom. The maximum atomic E-state index is 11.7. The summed E-state index contributed by atoms with van der Waals surface area (Å²) in [6, 6.07) is 7.68. The summed E-state index contributed by atoms with van der Waals surface area (Å²) in [6.07, 6.45) is 7.49. The third-order valence-electron chi connectivity index (χ3n) is 4.62. The maximum absolute atomic E-state index is 11.7. The van der Waals surface area contributed by atoms with Crippen molar-refractivity contribution >= 4 is 5.78 Å². The van der Waals surface area contributed by atoms with Crippen molar-refractivity contribution in [3.63, 3.8) is 0 Å². The summed E-state index contributed by atoms with van der Waals surface area (Å²) in [7, 11) is 0. The van der Waals surface area contributed by atoms with Crippen molar-refractivity contribution in [3.8, 4) is 5.75 Å². The molecule has 0 N–H and O–H groups in total. The molecule has 0 heterocycles. The van der Waals surface area contributed by atoms with Gasteiger partial charge in [-0.05, 0) is 43.2 Å². The van der Waals surface area contributed by atoms with E-state index in [0.717, 1.165) is 23.1 Å². The number of ketones is 1. The molecule has 2 bridgehead atoms. The van der Waals surface area contributed by atoms with Crippen LogP contribution in [0, 0.1) is 11.8 Å². The van der Waals surface area contributed by atoms with Crippen LogP contribution < -0.4 is 4.74 Å². The molecule has 0 spiro atoms. The molecule has 0 aliphatic heterocycles. The van der Waals surface area contributed by atoms with Crippen molar-refractivity contribution in [3.05, 3.63) is 29.8 Å². The molecule has 2 nitrogen and oxygen atoms in total. The highest BCUT2D eigenvalue weighted by Crippen LogP contribution is 2.43. The highest BCUT2D eigenvalue weighted by Gasteiger charge is 2.35. The first-order valence-electron chi connectivity index (χ1n) is 7.54. The Morgan fingerprint density at radius 3 is 2.63 bits per heavy atom. The summed E-state index contributed by atoms with van der Waals surface area (Å²) in [6.45, 7) is 1.90. The number of benzene rings is 1. The van der Waals surface area contributed by atoms with Crippen LogP contribution in [0.25, 0.3) is 0 Å². The van der Waals surface area contributed by atoms with E-state index in [0.29, 0.717) is 12.5 Å². The van der Waals surface area contributed by atoms with E-state index in [2.05, 4.69) is 0 Å². The molecule has 1 aromatic carbocycles. The highest BCUT2D eigenvalue weighted by atomic mass is 16.5. The molecule has 2 aliphatic rings. The van der Waals surface area contributed by atoms with E-state index < -0.39 is 0 Å². The van der Waals surface area contributed by atoms with Crippen LogP contribution in [-0.4, -0.2) is 11.9 Å². The summed E-state index contributed by atoms with van der Waals surface area (Å²) in [5, 5.41) is 0. The summed E-state index contributed by atoms with van der Waals surface area (Å²) < 4.78 is 6.12. The van der Waals surface area contributed by atoms with E-state index in [1.165, 1.54) is 32.1 Å². The monoisotopic (exact) mass is 258 g/mol. The molecule has 0 saturated heterocycles. The first-order valence-corrected chi connectivity index (χ1v) is 7.54. The van der Waals surface area contributed by atoms with E-state index in [9.17, 15) is 4.79 Å². The Bertz CT molecular complexity index is 454. The van der Waals surface area contributed by atoms with Crippen LogP contribution in [0.3, 0.4) is 0 Å². The van der Waals surface area contributed by atoms with Crippen LogP contribution in [0.15, 0.2) is 24.3 Å². The van der Waals surface area contributed by atoms with Gasteiger partial charge < -0.3 is 4.74 Å². The molecule has 3 rings (SSSR count). The molecular weight excluding hydrogens is 236 g/mol. The van der Waals surface area contributed by atoms with E-state index >= 15 is 0 Å². The Labute approximate surface area is 115 Å². The summed E-state index contributed by atoms with van der Waals surface area (Å²) in [4.78, 5) is 11.7. The lowest BCUT2D eigenvalue weighted by Crippen LogP contribution is -2.26. The Morgan fingerprint density at radius 1 is 1.21 bits per heavy atom. The second-order valence-electron chi connectivity index (χ2n) is 6.06. The maximum Gasteiger partial charge on any atom is 0.162 e. The molecule has 2 heteroatoms. The Balaban J connectivity index is 1.68. The van der Waals surface area contributed by atoms with Crippen LogP contribution >= 0.6 is 0 Å². The van der Waals surface area contributed by atoms with Gasteiger partial charge in [0.1, 0.15) is 5.75 Å². The second kappa shape index (κ2) is 5.36. The smallest absolute Gasteiger partial charge is 0.162 e.